The van der Waals surface area contributed by atoms with Gasteiger partial charge in [-0.2, -0.15) is 5.06 Å². The fourth-order valence-electron chi connectivity index (χ4n) is 5.87. The van der Waals surface area contributed by atoms with Crippen LogP contribution in [-0.4, -0.2) is 111 Å². The van der Waals surface area contributed by atoms with Gasteiger partial charge in [0.15, 0.2) is 0 Å². The molecule has 0 aliphatic carbocycles. The van der Waals surface area contributed by atoms with Crippen molar-refractivity contribution in [2.75, 3.05) is 66.4 Å². The highest BCUT2D eigenvalue weighted by Crippen LogP contribution is 2.33. The SMILES string of the molecule is CCCC(C)(C)OCCC(C)(C)OCC(COC(C)(C)CCOC(C)(C)CC)(COC(C)(C)CCOC(C)(C)CCC)COC(C)(C)CCN(CC)OC. The molecule has 0 aromatic rings. The second-order valence-corrected chi connectivity index (χ2v) is 20.1. The molecule has 0 saturated carbocycles. The summed E-state index contributed by atoms with van der Waals surface area (Å²) in [5.41, 5.74) is -2.83. The molecule has 0 rings (SSSR count). The average molecular weight is 776 g/mol. The van der Waals surface area contributed by atoms with Crippen molar-refractivity contribution in [2.24, 2.45) is 5.41 Å². The Labute approximate surface area is 335 Å². The van der Waals surface area contributed by atoms with E-state index in [1.165, 1.54) is 0 Å². The van der Waals surface area contributed by atoms with Gasteiger partial charge >= 0.3 is 0 Å². The van der Waals surface area contributed by atoms with E-state index in [1.54, 1.807) is 7.11 Å². The Morgan fingerprint density at radius 3 is 0.944 bits per heavy atom. The van der Waals surface area contributed by atoms with Gasteiger partial charge in [0.2, 0.25) is 0 Å². The van der Waals surface area contributed by atoms with Gasteiger partial charge in [-0.3, -0.25) is 0 Å². The van der Waals surface area contributed by atoms with E-state index in [-0.39, 0.29) is 16.8 Å². The van der Waals surface area contributed by atoms with E-state index < -0.39 is 27.8 Å². The zero-order chi connectivity index (χ0) is 42.0. The Hall–Kier alpha value is -0.360. The fourth-order valence-corrected chi connectivity index (χ4v) is 5.87. The lowest BCUT2D eigenvalue weighted by Gasteiger charge is -2.42. The number of rotatable bonds is 34. The summed E-state index contributed by atoms with van der Waals surface area (Å²) < 4.78 is 46.5. The summed E-state index contributed by atoms with van der Waals surface area (Å²) >= 11 is 0. The van der Waals surface area contributed by atoms with Crippen molar-refractivity contribution in [1.82, 2.24) is 5.06 Å². The topological polar surface area (TPSA) is 77.1 Å². The molecule has 0 spiro atoms. The summed E-state index contributed by atoms with van der Waals surface area (Å²) in [5, 5.41) is 1.96. The predicted octanol–water partition coefficient (Wildman–Crippen LogP) is 11.0. The highest BCUT2D eigenvalue weighted by Gasteiger charge is 2.40. The lowest BCUT2D eigenvalue weighted by atomic mass is 9.89. The Balaban J connectivity index is 6.47. The summed E-state index contributed by atoms with van der Waals surface area (Å²) in [5.74, 6) is 0. The lowest BCUT2D eigenvalue weighted by molar-refractivity contribution is -0.199. The number of hydroxylamine groups is 2. The van der Waals surface area contributed by atoms with Crippen LogP contribution in [0.3, 0.4) is 0 Å². The third-order valence-electron chi connectivity index (χ3n) is 10.8. The minimum atomic E-state index is -0.608. The molecule has 9 heteroatoms. The van der Waals surface area contributed by atoms with Crippen LogP contribution >= 0.6 is 0 Å². The molecule has 0 unspecified atom stereocenters. The zero-order valence-corrected chi connectivity index (χ0v) is 39.4. The standard InChI is InChI=1S/C45H93NO8/c1-20-24-39(7,8)49-32-28-43(15,16)53-36-45(34-51-41(11,12)26-30-46(23-4)47-19,35-52-42(13,14)27-31-48-38(5,6)22-3)37-54-44(17,18)29-33-50-40(9,10)25-21-2/h20-37H2,1-19H3. The van der Waals surface area contributed by atoms with Crippen LogP contribution < -0.4 is 0 Å². The molecule has 0 atom stereocenters. The van der Waals surface area contributed by atoms with Crippen LogP contribution in [0.1, 0.15) is 182 Å². The molecule has 0 amide bonds. The molecule has 0 radical (unpaired) electrons. The van der Waals surface area contributed by atoms with Crippen LogP contribution in [-0.2, 0) is 38.0 Å². The third-order valence-corrected chi connectivity index (χ3v) is 10.8. The lowest BCUT2D eigenvalue weighted by Crippen LogP contribution is -2.49. The van der Waals surface area contributed by atoms with Crippen LogP contribution in [0.5, 0.6) is 0 Å². The molecule has 0 fully saturated rings. The van der Waals surface area contributed by atoms with Crippen molar-refractivity contribution in [1.29, 1.82) is 0 Å². The summed E-state index contributed by atoms with van der Waals surface area (Å²) in [4.78, 5) is 5.55. The smallest absolute Gasteiger partial charge is 0.0648 e. The summed E-state index contributed by atoms with van der Waals surface area (Å²) in [6.45, 7) is 43.9. The summed E-state index contributed by atoms with van der Waals surface area (Å²) in [6, 6.07) is 0. The van der Waals surface area contributed by atoms with Gasteiger partial charge in [0, 0.05) is 13.1 Å². The Bertz CT molecular complexity index is 931. The maximum absolute atomic E-state index is 6.89. The van der Waals surface area contributed by atoms with Gasteiger partial charge in [0.05, 0.1) is 98.0 Å². The van der Waals surface area contributed by atoms with Gasteiger partial charge in [0.1, 0.15) is 0 Å². The maximum atomic E-state index is 6.89. The molecule has 0 aliphatic heterocycles. The first kappa shape index (κ1) is 53.6. The van der Waals surface area contributed by atoms with Crippen LogP contribution in [0.2, 0.25) is 0 Å². The molecule has 0 aromatic heterocycles. The zero-order valence-electron chi connectivity index (χ0n) is 39.4. The average Bonchev–Trinajstić information content (AvgIpc) is 3.04. The maximum Gasteiger partial charge on any atom is 0.0648 e. The largest absolute Gasteiger partial charge is 0.375 e. The molecule has 54 heavy (non-hydrogen) atoms. The van der Waals surface area contributed by atoms with Gasteiger partial charge in [-0.25, -0.2) is 0 Å². The second-order valence-electron chi connectivity index (χ2n) is 20.1. The number of ether oxygens (including phenoxy) is 7. The first-order valence-electron chi connectivity index (χ1n) is 21.4. The highest BCUT2D eigenvalue weighted by atomic mass is 16.7. The third kappa shape index (κ3) is 25.1. The van der Waals surface area contributed by atoms with E-state index in [1.807, 2.05) is 5.06 Å². The van der Waals surface area contributed by atoms with Crippen LogP contribution in [0, 0.1) is 5.41 Å². The molecular formula is C45H93NO8. The van der Waals surface area contributed by atoms with E-state index in [2.05, 4.69) is 125 Å². The molecule has 9 nitrogen and oxygen atoms in total. The number of nitrogens with zero attached hydrogens (tertiary/aromatic N) is 1. The molecule has 0 N–H and O–H groups in total. The molecule has 326 valence electrons. The van der Waals surface area contributed by atoms with Gasteiger partial charge in [-0.15, -0.1) is 0 Å². The molecule has 0 bridgehead atoms. The second kappa shape index (κ2) is 23.9. The molecule has 0 aromatic carbocycles. The van der Waals surface area contributed by atoms with Gasteiger partial charge in [-0.1, -0.05) is 40.5 Å². The normalized spacial score (nSPS) is 14.4. The first-order valence-corrected chi connectivity index (χ1v) is 21.4. The van der Waals surface area contributed by atoms with E-state index in [0.29, 0.717) is 46.2 Å². The molecule has 0 heterocycles. The Morgan fingerprint density at radius 1 is 0.370 bits per heavy atom. The fraction of sp³-hybridized carbons (Fsp3) is 1.00. The van der Waals surface area contributed by atoms with Gasteiger partial charge in [-0.05, 0) is 142 Å². The van der Waals surface area contributed by atoms with Crippen molar-refractivity contribution < 1.29 is 38.0 Å². The Morgan fingerprint density at radius 2 is 0.667 bits per heavy atom. The Kier molecular flexibility index (Phi) is 23.7. The van der Waals surface area contributed by atoms with Crippen molar-refractivity contribution in [3.8, 4) is 0 Å². The van der Waals surface area contributed by atoms with E-state index in [4.69, 9.17) is 38.0 Å². The van der Waals surface area contributed by atoms with Gasteiger partial charge < -0.3 is 38.0 Å². The van der Waals surface area contributed by atoms with Crippen molar-refractivity contribution >= 4 is 0 Å². The number of hydrogen-bond donors (Lipinski definition) is 0. The van der Waals surface area contributed by atoms with E-state index in [9.17, 15) is 0 Å². The molecule has 0 aliphatic rings. The van der Waals surface area contributed by atoms with Crippen molar-refractivity contribution in [3.63, 3.8) is 0 Å². The number of hydrogen-bond acceptors (Lipinski definition) is 9. The van der Waals surface area contributed by atoms with Crippen LogP contribution in [0.15, 0.2) is 0 Å². The predicted molar refractivity (Wildman–Crippen MR) is 225 cm³/mol. The molecule has 0 saturated heterocycles. The monoisotopic (exact) mass is 776 g/mol. The van der Waals surface area contributed by atoms with Crippen LogP contribution in [0.25, 0.3) is 0 Å². The minimum Gasteiger partial charge on any atom is -0.375 e. The quantitative estimate of drug-likeness (QED) is 0.0594. The van der Waals surface area contributed by atoms with E-state index in [0.717, 1.165) is 70.9 Å². The minimum absolute atomic E-state index is 0.158. The van der Waals surface area contributed by atoms with Gasteiger partial charge in [0.25, 0.3) is 0 Å². The van der Waals surface area contributed by atoms with Crippen LogP contribution in [0.4, 0.5) is 0 Å². The molecular weight excluding hydrogens is 682 g/mol. The van der Waals surface area contributed by atoms with E-state index >= 15 is 0 Å². The highest BCUT2D eigenvalue weighted by molar-refractivity contribution is 4.87. The summed E-state index contributed by atoms with van der Waals surface area (Å²) in [7, 11) is 1.72. The van der Waals surface area contributed by atoms with Crippen molar-refractivity contribution in [2.45, 2.75) is 222 Å². The summed E-state index contributed by atoms with van der Waals surface area (Å²) in [6.07, 6.45) is 8.26. The van der Waals surface area contributed by atoms with Crippen molar-refractivity contribution in [3.05, 3.63) is 0 Å². The first-order chi connectivity index (χ1) is 24.6.